The maximum absolute atomic E-state index is 12.9. The van der Waals surface area contributed by atoms with Crippen LogP contribution in [-0.2, 0) is 16.0 Å². The molecule has 29 heavy (non-hydrogen) atoms. The number of carbonyl (C=O) groups excluding carboxylic acids is 3. The van der Waals surface area contributed by atoms with Crippen LogP contribution in [0.2, 0.25) is 5.02 Å². The maximum atomic E-state index is 12.9. The Morgan fingerprint density at radius 2 is 2.00 bits per heavy atom. The zero-order valence-corrected chi connectivity index (χ0v) is 16.4. The average molecular weight is 411 g/mol. The molecule has 1 aromatic heterocycles. The van der Waals surface area contributed by atoms with Crippen LogP contribution < -0.4 is 10.6 Å². The van der Waals surface area contributed by atoms with Gasteiger partial charge in [-0.1, -0.05) is 35.9 Å². The minimum absolute atomic E-state index is 0.341. The summed E-state index contributed by atoms with van der Waals surface area (Å²) in [5.41, 5.74) is 2.39. The number of para-hydroxylation sites is 1. The van der Waals surface area contributed by atoms with Crippen molar-refractivity contribution < 1.29 is 14.4 Å². The Hall–Kier alpha value is -3.32. The minimum Gasteiger partial charge on any atom is -0.361 e. The molecule has 0 saturated carbocycles. The molecule has 3 aromatic rings. The Balaban J connectivity index is 1.48. The van der Waals surface area contributed by atoms with Gasteiger partial charge in [0.25, 0.3) is 5.91 Å². The highest BCUT2D eigenvalue weighted by Crippen LogP contribution is 2.22. The number of aromatic amines is 1. The van der Waals surface area contributed by atoms with E-state index in [-0.39, 0.29) is 0 Å². The van der Waals surface area contributed by atoms with E-state index in [0.717, 1.165) is 21.4 Å². The third-order valence-electron chi connectivity index (χ3n) is 5.01. The van der Waals surface area contributed by atoms with Gasteiger partial charge in [-0.25, -0.2) is 4.79 Å². The molecular formula is C21H19ClN4O3. The molecule has 0 aliphatic carbocycles. The number of halogens is 1. The van der Waals surface area contributed by atoms with Gasteiger partial charge in [0, 0.05) is 34.2 Å². The molecule has 2 atom stereocenters. The first-order valence-corrected chi connectivity index (χ1v) is 9.57. The van der Waals surface area contributed by atoms with E-state index in [9.17, 15) is 14.4 Å². The topological polar surface area (TPSA) is 94.3 Å². The van der Waals surface area contributed by atoms with Crippen LogP contribution in [0, 0.1) is 0 Å². The van der Waals surface area contributed by atoms with Gasteiger partial charge in [0.15, 0.2) is 0 Å². The van der Waals surface area contributed by atoms with Crippen LogP contribution >= 0.6 is 11.6 Å². The molecule has 3 N–H and O–H groups in total. The molecule has 0 spiro atoms. The van der Waals surface area contributed by atoms with Crippen molar-refractivity contribution in [3.8, 4) is 0 Å². The van der Waals surface area contributed by atoms with Crippen LogP contribution in [0.1, 0.15) is 12.5 Å². The number of benzene rings is 2. The van der Waals surface area contributed by atoms with Gasteiger partial charge in [0.05, 0.1) is 0 Å². The van der Waals surface area contributed by atoms with Gasteiger partial charge in [-0.15, -0.1) is 0 Å². The Bertz CT molecular complexity index is 1110. The lowest BCUT2D eigenvalue weighted by Gasteiger charge is -2.21. The molecule has 1 aliphatic rings. The van der Waals surface area contributed by atoms with E-state index in [1.54, 1.807) is 24.3 Å². The van der Waals surface area contributed by atoms with Gasteiger partial charge < -0.3 is 15.6 Å². The van der Waals surface area contributed by atoms with E-state index in [0.29, 0.717) is 17.1 Å². The number of rotatable bonds is 5. The highest BCUT2D eigenvalue weighted by Gasteiger charge is 2.43. The van der Waals surface area contributed by atoms with E-state index in [2.05, 4.69) is 15.6 Å². The summed E-state index contributed by atoms with van der Waals surface area (Å²) in [6.45, 7) is 1.52. The molecule has 7 nitrogen and oxygen atoms in total. The molecule has 8 heteroatoms. The predicted molar refractivity (Wildman–Crippen MR) is 111 cm³/mol. The summed E-state index contributed by atoms with van der Waals surface area (Å²) in [6, 6.07) is 12.2. The Labute approximate surface area is 172 Å². The molecular weight excluding hydrogens is 392 g/mol. The van der Waals surface area contributed by atoms with Crippen LogP contribution in [-0.4, -0.2) is 39.8 Å². The van der Waals surface area contributed by atoms with Crippen molar-refractivity contribution in [1.29, 1.82) is 0 Å². The van der Waals surface area contributed by atoms with E-state index in [4.69, 9.17) is 11.6 Å². The van der Waals surface area contributed by atoms with Crippen molar-refractivity contribution >= 4 is 46.0 Å². The van der Waals surface area contributed by atoms with E-state index in [1.165, 1.54) is 6.92 Å². The molecule has 4 rings (SSSR count). The lowest BCUT2D eigenvalue weighted by Crippen LogP contribution is -2.46. The first kappa shape index (κ1) is 19.0. The molecule has 1 aliphatic heterocycles. The number of nitrogens with zero attached hydrogens (tertiary/aromatic N) is 1. The number of amides is 4. The summed E-state index contributed by atoms with van der Waals surface area (Å²) in [4.78, 5) is 42.0. The number of aromatic nitrogens is 1. The summed E-state index contributed by atoms with van der Waals surface area (Å²) < 4.78 is 0. The monoisotopic (exact) mass is 410 g/mol. The van der Waals surface area contributed by atoms with Gasteiger partial charge in [0.2, 0.25) is 5.91 Å². The predicted octanol–water partition coefficient (Wildman–Crippen LogP) is 3.31. The second kappa shape index (κ2) is 7.60. The Morgan fingerprint density at radius 3 is 2.79 bits per heavy atom. The molecule has 4 amide bonds. The smallest absolute Gasteiger partial charge is 0.325 e. The summed E-state index contributed by atoms with van der Waals surface area (Å²) in [7, 11) is 0. The SMILES string of the molecule is C[C@@H](C(=O)Nc1cccc(Cl)c1)N1C(=O)N[C@@H](Cc2c[nH]c3ccccc23)C1=O. The molecule has 1 fully saturated rings. The van der Waals surface area contributed by atoms with Crippen LogP contribution in [0.15, 0.2) is 54.7 Å². The number of fused-ring (bicyclic) bond motifs is 1. The van der Waals surface area contributed by atoms with Gasteiger partial charge in [-0.2, -0.15) is 0 Å². The van der Waals surface area contributed by atoms with Crippen molar-refractivity contribution in [2.75, 3.05) is 5.32 Å². The molecule has 2 aromatic carbocycles. The number of hydrogen-bond acceptors (Lipinski definition) is 3. The second-order valence-electron chi connectivity index (χ2n) is 6.95. The van der Waals surface area contributed by atoms with E-state index in [1.807, 2.05) is 30.5 Å². The maximum Gasteiger partial charge on any atom is 0.325 e. The lowest BCUT2D eigenvalue weighted by atomic mass is 10.0. The average Bonchev–Trinajstić information content (AvgIpc) is 3.22. The summed E-state index contributed by atoms with van der Waals surface area (Å²) in [6.07, 6.45) is 2.18. The van der Waals surface area contributed by atoms with Gasteiger partial charge >= 0.3 is 6.03 Å². The normalized spacial score (nSPS) is 17.4. The molecule has 0 radical (unpaired) electrons. The van der Waals surface area contributed by atoms with Gasteiger partial charge in [-0.3, -0.25) is 14.5 Å². The second-order valence-corrected chi connectivity index (χ2v) is 7.39. The molecule has 148 valence electrons. The number of carbonyl (C=O) groups is 3. The highest BCUT2D eigenvalue weighted by molar-refractivity contribution is 6.30. The fourth-order valence-corrected chi connectivity index (χ4v) is 3.69. The third-order valence-corrected chi connectivity index (χ3v) is 5.24. The molecule has 0 unspecified atom stereocenters. The van der Waals surface area contributed by atoms with Crippen LogP contribution in [0.4, 0.5) is 10.5 Å². The van der Waals surface area contributed by atoms with Crippen molar-refractivity contribution in [3.63, 3.8) is 0 Å². The summed E-state index contributed by atoms with van der Waals surface area (Å²) in [5.74, 6) is -0.891. The zero-order valence-electron chi connectivity index (χ0n) is 15.6. The molecule has 2 heterocycles. The first-order valence-electron chi connectivity index (χ1n) is 9.19. The quantitative estimate of drug-likeness (QED) is 0.563. The summed E-state index contributed by atoms with van der Waals surface area (Å²) >= 11 is 5.93. The van der Waals surface area contributed by atoms with Crippen molar-refractivity contribution in [1.82, 2.24) is 15.2 Å². The summed E-state index contributed by atoms with van der Waals surface area (Å²) in [5, 5.41) is 6.85. The van der Waals surface area contributed by atoms with Crippen molar-refractivity contribution in [2.45, 2.75) is 25.4 Å². The number of imide groups is 1. The van der Waals surface area contributed by atoms with Gasteiger partial charge in [0.1, 0.15) is 12.1 Å². The lowest BCUT2D eigenvalue weighted by molar-refractivity contribution is -0.133. The van der Waals surface area contributed by atoms with Crippen LogP contribution in [0.3, 0.4) is 0 Å². The number of urea groups is 1. The highest BCUT2D eigenvalue weighted by atomic mass is 35.5. The van der Waals surface area contributed by atoms with E-state index < -0.39 is 29.9 Å². The van der Waals surface area contributed by atoms with Gasteiger partial charge in [-0.05, 0) is 36.8 Å². The van der Waals surface area contributed by atoms with Crippen LogP contribution in [0.5, 0.6) is 0 Å². The van der Waals surface area contributed by atoms with Crippen molar-refractivity contribution in [3.05, 3.63) is 65.3 Å². The Morgan fingerprint density at radius 1 is 1.21 bits per heavy atom. The standard InChI is InChI=1S/C21H19ClN4O3/c1-12(19(27)24-15-6-4-5-14(22)10-15)26-20(28)18(25-21(26)29)9-13-11-23-17-8-3-2-7-16(13)17/h2-8,10-12,18,23H,9H2,1H3,(H,24,27)(H,25,29)/t12-,18-/m0/s1. The fourth-order valence-electron chi connectivity index (χ4n) is 3.50. The molecule has 0 bridgehead atoms. The third kappa shape index (κ3) is 3.69. The van der Waals surface area contributed by atoms with Crippen molar-refractivity contribution in [2.24, 2.45) is 0 Å². The minimum atomic E-state index is -0.963. The fraction of sp³-hybridized carbons (Fsp3) is 0.190. The largest absolute Gasteiger partial charge is 0.361 e. The Kier molecular flexibility index (Phi) is 4.98. The number of hydrogen-bond donors (Lipinski definition) is 3. The number of anilines is 1. The zero-order chi connectivity index (χ0) is 20.5. The van der Waals surface area contributed by atoms with E-state index >= 15 is 0 Å². The molecule has 1 saturated heterocycles. The first-order chi connectivity index (χ1) is 13.9. The van der Waals surface area contributed by atoms with Crippen LogP contribution in [0.25, 0.3) is 10.9 Å². The number of nitrogens with one attached hydrogen (secondary N) is 3. The number of H-pyrrole nitrogens is 1.